The second kappa shape index (κ2) is 6.81. The van der Waals surface area contributed by atoms with Crippen molar-refractivity contribution < 1.29 is 9.21 Å². The predicted octanol–water partition coefficient (Wildman–Crippen LogP) is 5.23. The fraction of sp³-hybridized carbons (Fsp3) is 0.250. The van der Waals surface area contributed by atoms with E-state index in [2.05, 4.69) is 41.2 Å². The average Bonchev–Trinajstić information content (AvgIpc) is 2.90. The summed E-state index contributed by atoms with van der Waals surface area (Å²) in [5, 5.41) is 4.07. The van der Waals surface area contributed by atoms with Crippen molar-refractivity contribution >= 4 is 32.8 Å². The van der Waals surface area contributed by atoms with Crippen LogP contribution in [0.1, 0.15) is 35.2 Å². The standard InChI is InChI=1S/C20H20BrNO2/c1-12-8-18-16(11-24-19(18)9-13(12)2)10-20(23)22-14(3)15-4-6-17(21)7-5-15/h4-9,11,14H,10H2,1-3H3,(H,22,23). The number of hydrogen-bond acceptors (Lipinski definition) is 2. The van der Waals surface area contributed by atoms with Gasteiger partial charge in [-0.15, -0.1) is 0 Å². The van der Waals surface area contributed by atoms with Gasteiger partial charge in [-0.25, -0.2) is 0 Å². The van der Waals surface area contributed by atoms with Gasteiger partial charge in [0.2, 0.25) is 5.91 Å². The molecule has 0 aliphatic heterocycles. The van der Waals surface area contributed by atoms with Crippen LogP contribution >= 0.6 is 15.9 Å². The molecule has 0 aliphatic carbocycles. The Kier molecular flexibility index (Phi) is 4.76. The van der Waals surface area contributed by atoms with Gasteiger partial charge >= 0.3 is 0 Å². The normalized spacial score (nSPS) is 12.3. The van der Waals surface area contributed by atoms with Gasteiger partial charge in [0.05, 0.1) is 18.7 Å². The number of fused-ring (bicyclic) bond motifs is 1. The van der Waals surface area contributed by atoms with Crippen molar-refractivity contribution in [3.05, 3.63) is 69.4 Å². The molecule has 0 radical (unpaired) electrons. The highest BCUT2D eigenvalue weighted by Gasteiger charge is 2.14. The maximum absolute atomic E-state index is 12.4. The Bertz CT molecular complexity index is 881. The lowest BCUT2D eigenvalue weighted by molar-refractivity contribution is -0.121. The van der Waals surface area contributed by atoms with Gasteiger partial charge in [-0.05, 0) is 61.7 Å². The highest BCUT2D eigenvalue weighted by molar-refractivity contribution is 9.10. The van der Waals surface area contributed by atoms with Crippen LogP contribution < -0.4 is 5.32 Å². The van der Waals surface area contributed by atoms with Gasteiger partial charge in [0.25, 0.3) is 0 Å². The molecular formula is C20H20BrNO2. The summed E-state index contributed by atoms with van der Waals surface area (Å²) >= 11 is 3.42. The van der Waals surface area contributed by atoms with Crippen LogP contribution in [0.2, 0.25) is 0 Å². The molecule has 2 aromatic carbocycles. The van der Waals surface area contributed by atoms with Crippen LogP contribution in [0.4, 0.5) is 0 Å². The van der Waals surface area contributed by atoms with Crippen molar-refractivity contribution in [2.45, 2.75) is 33.2 Å². The third-order valence-corrected chi connectivity index (χ3v) is 4.90. The molecular weight excluding hydrogens is 366 g/mol. The summed E-state index contributed by atoms with van der Waals surface area (Å²) in [6, 6.07) is 12.1. The van der Waals surface area contributed by atoms with Crippen LogP contribution in [-0.4, -0.2) is 5.91 Å². The molecule has 3 nitrogen and oxygen atoms in total. The van der Waals surface area contributed by atoms with Crippen molar-refractivity contribution in [1.29, 1.82) is 0 Å². The first-order valence-corrected chi connectivity index (χ1v) is 8.75. The van der Waals surface area contributed by atoms with Crippen LogP contribution in [0.5, 0.6) is 0 Å². The Labute approximate surface area is 150 Å². The van der Waals surface area contributed by atoms with Gasteiger partial charge in [0.15, 0.2) is 0 Å². The van der Waals surface area contributed by atoms with Gasteiger partial charge in [0, 0.05) is 15.4 Å². The van der Waals surface area contributed by atoms with Crippen molar-refractivity contribution in [1.82, 2.24) is 5.32 Å². The Morgan fingerprint density at radius 2 is 1.83 bits per heavy atom. The second-order valence-corrected chi connectivity index (χ2v) is 7.13. The minimum atomic E-state index is -0.0345. The SMILES string of the molecule is Cc1cc2occ(CC(=O)NC(C)c3ccc(Br)cc3)c2cc1C. The van der Waals surface area contributed by atoms with Crippen LogP contribution in [0.15, 0.2) is 51.6 Å². The van der Waals surface area contributed by atoms with E-state index >= 15 is 0 Å². The Balaban J connectivity index is 1.73. The first kappa shape index (κ1) is 16.8. The monoisotopic (exact) mass is 385 g/mol. The number of carbonyl (C=O) groups is 1. The van der Waals surface area contributed by atoms with Gasteiger partial charge in [-0.2, -0.15) is 0 Å². The molecule has 0 saturated heterocycles. The molecule has 0 spiro atoms. The zero-order valence-corrected chi connectivity index (χ0v) is 15.6. The Morgan fingerprint density at radius 3 is 2.54 bits per heavy atom. The van der Waals surface area contributed by atoms with E-state index in [1.165, 1.54) is 11.1 Å². The topological polar surface area (TPSA) is 42.2 Å². The molecule has 0 fully saturated rings. The summed E-state index contributed by atoms with van der Waals surface area (Å²) in [6.07, 6.45) is 2.00. The molecule has 0 saturated carbocycles. The Hall–Kier alpha value is -2.07. The zero-order chi connectivity index (χ0) is 17.3. The van der Waals surface area contributed by atoms with E-state index < -0.39 is 0 Å². The first-order valence-electron chi connectivity index (χ1n) is 7.96. The van der Waals surface area contributed by atoms with Crippen molar-refractivity contribution in [2.24, 2.45) is 0 Å². The molecule has 1 unspecified atom stereocenters. The second-order valence-electron chi connectivity index (χ2n) is 6.21. The van der Waals surface area contributed by atoms with Gasteiger partial charge in [-0.3, -0.25) is 4.79 Å². The van der Waals surface area contributed by atoms with Crippen molar-refractivity contribution in [3.63, 3.8) is 0 Å². The molecule has 1 heterocycles. The van der Waals surface area contributed by atoms with E-state index in [0.717, 1.165) is 26.6 Å². The van der Waals surface area contributed by atoms with E-state index in [-0.39, 0.29) is 11.9 Å². The molecule has 1 N–H and O–H groups in total. The summed E-state index contributed by atoms with van der Waals surface area (Å²) < 4.78 is 6.63. The number of furan rings is 1. The lowest BCUT2D eigenvalue weighted by atomic mass is 10.0. The third-order valence-electron chi connectivity index (χ3n) is 4.37. The molecule has 0 bridgehead atoms. The van der Waals surface area contributed by atoms with Gasteiger partial charge in [-0.1, -0.05) is 28.1 Å². The molecule has 3 rings (SSSR count). The third kappa shape index (κ3) is 3.54. The highest BCUT2D eigenvalue weighted by atomic mass is 79.9. The number of aryl methyl sites for hydroxylation is 2. The average molecular weight is 386 g/mol. The lowest BCUT2D eigenvalue weighted by Gasteiger charge is -2.14. The fourth-order valence-corrected chi connectivity index (χ4v) is 3.04. The number of hydrogen-bond donors (Lipinski definition) is 1. The summed E-state index contributed by atoms with van der Waals surface area (Å²) in [6.45, 7) is 6.12. The minimum Gasteiger partial charge on any atom is -0.464 e. The number of nitrogens with one attached hydrogen (secondary N) is 1. The summed E-state index contributed by atoms with van der Waals surface area (Å²) in [5.74, 6) is -0.00801. The molecule has 1 aromatic heterocycles. The quantitative estimate of drug-likeness (QED) is 0.667. The van der Waals surface area contributed by atoms with Crippen molar-refractivity contribution in [2.75, 3.05) is 0 Å². The molecule has 3 aromatic rings. The number of halogens is 1. The van der Waals surface area contributed by atoms with E-state index in [9.17, 15) is 4.79 Å². The lowest BCUT2D eigenvalue weighted by Crippen LogP contribution is -2.28. The van der Waals surface area contributed by atoms with E-state index in [0.29, 0.717) is 6.42 Å². The maximum Gasteiger partial charge on any atom is 0.225 e. The summed E-state index contributed by atoms with van der Waals surface area (Å²) in [5.41, 5.74) is 5.23. The number of benzene rings is 2. The van der Waals surface area contributed by atoms with Crippen LogP contribution in [0, 0.1) is 13.8 Å². The molecule has 0 aliphatic rings. The predicted molar refractivity (Wildman–Crippen MR) is 100 cm³/mol. The molecule has 1 atom stereocenters. The smallest absolute Gasteiger partial charge is 0.225 e. The van der Waals surface area contributed by atoms with Crippen molar-refractivity contribution in [3.8, 4) is 0 Å². The van der Waals surface area contributed by atoms with E-state index in [1.807, 2.05) is 37.3 Å². The van der Waals surface area contributed by atoms with Crippen LogP contribution in [0.25, 0.3) is 11.0 Å². The van der Waals surface area contributed by atoms with Crippen LogP contribution in [0.3, 0.4) is 0 Å². The summed E-state index contributed by atoms with van der Waals surface area (Å²) in [7, 11) is 0. The highest BCUT2D eigenvalue weighted by Crippen LogP contribution is 2.25. The van der Waals surface area contributed by atoms with Crippen LogP contribution in [-0.2, 0) is 11.2 Å². The fourth-order valence-electron chi connectivity index (χ4n) is 2.77. The van der Waals surface area contributed by atoms with Gasteiger partial charge < -0.3 is 9.73 Å². The summed E-state index contributed by atoms with van der Waals surface area (Å²) in [4.78, 5) is 12.4. The number of carbonyl (C=O) groups excluding carboxylic acids is 1. The van der Waals surface area contributed by atoms with Gasteiger partial charge in [0.1, 0.15) is 5.58 Å². The number of rotatable bonds is 4. The molecule has 1 amide bonds. The minimum absolute atomic E-state index is 0.00801. The first-order chi connectivity index (χ1) is 11.4. The molecule has 24 heavy (non-hydrogen) atoms. The Morgan fingerprint density at radius 1 is 1.17 bits per heavy atom. The maximum atomic E-state index is 12.4. The van der Waals surface area contributed by atoms with E-state index in [4.69, 9.17) is 4.42 Å². The zero-order valence-electron chi connectivity index (χ0n) is 14.0. The number of amides is 1. The molecule has 4 heteroatoms. The van der Waals surface area contributed by atoms with E-state index in [1.54, 1.807) is 6.26 Å². The largest absolute Gasteiger partial charge is 0.464 e. The molecule has 124 valence electrons.